The van der Waals surface area contributed by atoms with Crippen molar-refractivity contribution >= 4 is 11.7 Å². The zero-order valence-electron chi connectivity index (χ0n) is 10.3. The summed E-state index contributed by atoms with van der Waals surface area (Å²) in [5.74, 6) is 0.0368. The highest BCUT2D eigenvalue weighted by atomic mass is 16.5. The Hall–Kier alpha value is -1.95. The van der Waals surface area contributed by atoms with Gasteiger partial charge < -0.3 is 25.0 Å². The molecule has 18 heavy (non-hydrogen) atoms. The maximum Gasteiger partial charge on any atom is 0.325 e. The molecule has 0 fully saturated rings. The van der Waals surface area contributed by atoms with Crippen LogP contribution in [-0.2, 0) is 4.79 Å². The van der Waals surface area contributed by atoms with Gasteiger partial charge in [0.2, 0.25) is 0 Å². The van der Waals surface area contributed by atoms with Crippen molar-refractivity contribution in [1.29, 1.82) is 0 Å². The van der Waals surface area contributed by atoms with Crippen LogP contribution in [-0.4, -0.2) is 42.5 Å². The number of anilines is 1. The molecular formula is C12H17NO5. The van der Waals surface area contributed by atoms with E-state index < -0.39 is 12.0 Å². The Morgan fingerprint density at radius 3 is 2.72 bits per heavy atom. The van der Waals surface area contributed by atoms with Crippen LogP contribution >= 0.6 is 0 Å². The Kier molecular flexibility index (Phi) is 5.26. The molecule has 1 aromatic rings. The number of carboxylic acids is 1. The van der Waals surface area contributed by atoms with Gasteiger partial charge in [-0.3, -0.25) is 4.79 Å². The number of rotatable bonds is 7. The second-order valence-corrected chi connectivity index (χ2v) is 3.64. The molecule has 3 N–H and O–H groups in total. The number of methoxy groups -OCH3 is 1. The Balaban J connectivity index is 2.84. The molecule has 0 aromatic heterocycles. The maximum absolute atomic E-state index is 10.7. The van der Waals surface area contributed by atoms with E-state index in [-0.39, 0.29) is 13.2 Å². The van der Waals surface area contributed by atoms with Gasteiger partial charge in [0, 0.05) is 11.8 Å². The first-order chi connectivity index (χ1) is 8.58. The molecule has 0 aliphatic rings. The summed E-state index contributed by atoms with van der Waals surface area (Å²) in [5.41, 5.74) is 0.610. The molecule has 0 heterocycles. The van der Waals surface area contributed by atoms with Crippen molar-refractivity contribution in [3.63, 3.8) is 0 Å². The van der Waals surface area contributed by atoms with E-state index in [4.69, 9.17) is 19.7 Å². The Morgan fingerprint density at radius 2 is 2.17 bits per heavy atom. The molecule has 100 valence electrons. The zero-order valence-corrected chi connectivity index (χ0v) is 10.3. The minimum absolute atomic E-state index is 0.105. The van der Waals surface area contributed by atoms with Gasteiger partial charge in [0.05, 0.1) is 13.7 Å². The quantitative estimate of drug-likeness (QED) is 0.672. The molecule has 6 heteroatoms. The van der Waals surface area contributed by atoms with E-state index in [0.29, 0.717) is 17.2 Å². The third-order valence-corrected chi connectivity index (χ3v) is 2.27. The molecule has 0 spiro atoms. The van der Waals surface area contributed by atoms with E-state index in [1.54, 1.807) is 25.1 Å². The summed E-state index contributed by atoms with van der Waals surface area (Å²) in [6.07, 6.45) is 0. The van der Waals surface area contributed by atoms with Crippen molar-refractivity contribution in [3.05, 3.63) is 18.2 Å². The summed E-state index contributed by atoms with van der Waals surface area (Å²) in [7, 11) is 1.51. The van der Waals surface area contributed by atoms with Gasteiger partial charge >= 0.3 is 5.97 Å². The molecule has 0 aliphatic carbocycles. The Bertz CT molecular complexity index is 407. The lowest BCUT2D eigenvalue weighted by Gasteiger charge is -2.14. The van der Waals surface area contributed by atoms with Gasteiger partial charge in [-0.1, -0.05) is 0 Å². The predicted molar refractivity (Wildman–Crippen MR) is 66.3 cm³/mol. The number of carboxylic acid groups (broad SMARTS) is 1. The number of nitrogens with one attached hydrogen (secondary N) is 1. The smallest absolute Gasteiger partial charge is 0.325 e. The lowest BCUT2D eigenvalue weighted by atomic mass is 10.2. The van der Waals surface area contributed by atoms with Crippen LogP contribution in [0.4, 0.5) is 5.69 Å². The molecule has 1 rings (SSSR count). The van der Waals surface area contributed by atoms with Crippen LogP contribution in [0.5, 0.6) is 11.5 Å². The Morgan fingerprint density at radius 1 is 1.44 bits per heavy atom. The normalized spacial score (nSPS) is 11.7. The van der Waals surface area contributed by atoms with Gasteiger partial charge in [-0.2, -0.15) is 0 Å². The first kappa shape index (κ1) is 14.1. The van der Waals surface area contributed by atoms with Crippen molar-refractivity contribution in [2.75, 3.05) is 25.6 Å². The van der Waals surface area contributed by atoms with Crippen LogP contribution in [0.3, 0.4) is 0 Å². The fourth-order valence-electron chi connectivity index (χ4n) is 1.35. The SMILES string of the molecule is COc1ccc(NC(C)C(=O)O)cc1OCCO. The van der Waals surface area contributed by atoms with Gasteiger partial charge in [0.1, 0.15) is 12.6 Å². The number of aliphatic hydroxyl groups is 1. The van der Waals surface area contributed by atoms with Gasteiger partial charge in [0.25, 0.3) is 0 Å². The fraction of sp³-hybridized carbons (Fsp3) is 0.417. The highest BCUT2D eigenvalue weighted by molar-refractivity contribution is 5.77. The van der Waals surface area contributed by atoms with Gasteiger partial charge in [-0.05, 0) is 19.1 Å². The summed E-state index contributed by atoms with van der Waals surface area (Å²) < 4.78 is 10.4. The maximum atomic E-state index is 10.7. The number of aliphatic carboxylic acids is 1. The third kappa shape index (κ3) is 3.81. The first-order valence-electron chi connectivity index (χ1n) is 5.49. The number of ether oxygens (including phenoxy) is 2. The fourth-order valence-corrected chi connectivity index (χ4v) is 1.35. The van der Waals surface area contributed by atoms with Gasteiger partial charge in [0.15, 0.2) is 11.5 Å². The molecule has 0 saturated heterocycles. The highest BCUT2D eigenvalue weighted by Crippen LogP contribution is 2.30. The van der Waals surface area contributed by atoms with Crippen LogP contribution in [0, 0.1) is 0 Å². The molecule has 0 aliphatic heterocycles. The molecule has 1 atom stereocenters. The van der Waals surface area contributed by atoms with Crippen molar-refractivity contribution < 1.29 is 24.5 Å². The topological polar surface area (TPSA) is 88.0 Å². The average molecular weight is 255 g/mol. The van der Waals surface area contributed by atoms with Crippen molar-refractivity contribution in [2.24, 2.45) is 0 Å². The minimum atomic E-state index is -0.941. The molecule has 1 unspecified atom stereocenters. The zero-order chi connectivity index (χ0) is 13.5. The number of hydrogen-bond donors (Lipinski definition) is 3. The lowest BCUT2D eigenvalue weighted by Crippen LogP contribution is -2.25. The summed E-state index contributed by atoms with van der Waals surface area (Å²) in [5, 5.41) is 20.3. The molecular weight excluding hydrogens is 238 g/mol. The van der Waals surface area contributed by atoms with Crippen molar-refractivity contribution in [1.82, 2.24) is 0 Å². The standard InChI is InChI=1S/C12H17NO5/c1-8(12(15)16)13-9-3-4-10(17-2)11(7-9)18-6-5-14/h3-4,7-8,13-14H,5-6H2,1-2H3,(H,15,16). The van der Waals surface area contributed by atoms with Gasteiger partial charge in [-0.25, -0.2) is 0 Å². The summed E-state index contributed by atoms with van der Waals surface area (Å²) in [4.78, 5) is 10.7. The highest BCUT2D eigenvalue weighted by Gasteiger charge is 2.12. The van der Waals surface area contributed by atoms with E-state index in [1.165, 1.54) is 7.11 Å². The first-order valence-corrected chi connectivity index (χ1v) is 5.49. The number of hydrogen-bond acceptors (Lipinski definition) is 5. The van der Waals surface area contributed by atoms with Gasteiger partial charge in [-0.15, -0.1) is 0 Å². The summed E-state index contributed by atoms with van der Waals surface area (Å²) in [6, 6.07) is 4.30. The average Bonchev–Trinajstić information content (AvgIpc) is 2.36. The summed E-state index contributed by atoms with van der Waals surface area (Å²) >= 11 is 0. The number of aliphatic hydroxyl groups excluding tert-OH is 1. The minimum Gasteiger partial charge on any atom is -0.493 e. The molecule has 0 bridgehead atoms. The molecule has 6 nitrogen and oxygen atoms in total. The van der Waals surface area contributed by atoms with E-state index in [1.807, 2.05) is 0 Å². The largest absolute Gasteiger partial charge is 0.493 e. The summed E-state index contributed by atoms with van der Waals surface area (Å²) in [6.45, 7) is 1.58. The van der Waals surface area contributed by atoms with Crippen LogP contribution in [0.15, 0.2) is 18.2 Å². The van der Waals surface area contributed by atoms with E-state index in [9.17, 15) is 4.79 Å². The number of carbonyl (C=O) groups is 1. The number of benzene rings is 1. The van der Waals surface area contributed by atoms with E-state index in [2.05, 4.69) is 5.32 Å². The molecule has 0 saturated carbocycles. The third-order valence-electron chi connectivity index (χ3n) is 2.27. The molecule has 0 radical (unpaired) electrons. The van der Waals surface area contributed by atoms with E-state index in [0.717, 1.165) is 0 Å². The van der Waals surface area contributed by atoms with Crippen molar-refractivity contribution in [3.8, 4) is 11.5 Å². The second-order valence-electron chi connectivity index (χ2n) is 3.64. The Labute approximate surface area is 105 Å². The van der Waals surface area contributed by atoms with Crippen LogP contribution in [0.25, 0.3) is 0 Å². The van der Waals surface area contributed by atoms with Crippen LogP contribution < -0.4 is 14.8 Å². The monoisotopic (exact) mass is 255 g/mol. The van der Waals surface area contributed by atoms with Crippen LogP contribution in [0.2, 0.25) is 0 Å². The molecule has 1 aromatic carbocycles. The lowest BCUT2D eigenvalue weighted by molar-refractivity contribution is -0.137. The predicted octanol–water partition coefficient (Wildman–Crippen LogP) is 0.951. The second kappa shape index (κ2) is 6.70. The van der Waals surface area contributed by atoms with Crippen LogP contribution in [0.1, 0.15) is 6.92 Å². The van der Waals surface area contributed by atoms with Crippen molar-refractivity contribution in [2.45, 2.75) is 13.0 Å². The van der Waals surface area contributed by atoms with E-state index >= 15 is 0 Å². The molecule has 0 amide bonds.